The number of rotatable bonds is 4. The molecule has 1 fully saturated rings. The summed E-state index contributed by atoms with van der Waals surface area (Å²) in [6.07, 6.45) is 1.80. The van der Waals surface area contributed by atoms with Crippen LogP contribution in [0.3, 0.4) is 0 Å². The number of carbonyl (C=O) groups excluding carboxylic acids is 2. The number of hydrogen-bond donors (Lipinski definition) is 1. The molecule has 0 radical (unpaired) electrons. The van der Waals surface area contributed by atoms with Gasteiger partial charge in [-0.2, -0.15) is 0 Å². The van der Waals surface area contributed by atoms with Gasteiger partial charge >= 0.3 is 0 Å². The van der Waals surface area contributed by atoms with Crippen LogP contribution < -0.4 is 5.32 Å². The van der Waals surface area contributed by atoms with E-state index in [4.69, 9.17) is 12.2 Å². The lowest BCUT2D eigenvalue weighted by Gasteiger charge is -2.13. The summed E-state index contributed by atoms with van der Waals surface area (Å²) in [5.74, 6) is -0.564. The fourth-order valence-electron chi connectivity index (χ4n) is 2.37. The Bertz CT molecular complexity index is 1010. The summed E-state index contributed by atoms with van der Waals surface area (Å²) in [4.78, 5) is 32.1. The topological polar surface area (TPSA) is 62.3 Å². The van der Waals surface area contributed by atoms with Gasteiger partial charge in [-0.25, -0.2) is 4.98 Å². The molecule has 130 valence electrons. The molecule has 0 aliphatic carbocycles. The molecule has 2 amide bonds. The highest BCUT2D eigenvalue weighted by atomic mass is 32.2. The van der Waals surface area contributed by atoms with E-state index >= 15 is 0 Å². The summed E-state index contributed by atoms with van der Waals surface area (Å²) in [5.41, 5.74) is 0.831. The Morgan fingerprint density at radius 1 is 1.27 bits per heavy atom. The van der Waals surface area contributed by atoms with E-state index in [1.54, 1.807) is 17.4 Å². The Kier molecular flexibility index (Phi) is 4.86. The van der Waals surface area contributed by atoms with Crippen molar-refractivity contribution < 1.29 is 9.59 Å². The molecule has 26 heavy (non-hydrogen) atoms. The van der Waals surface area contributed by atoms with Crippen molar-refractivity contribution in [3.05, 3.63) is 51.6 Å². The van der Waals surface area contributed by atoms with Crippen molar-refractivity contribution in [2.24, 2.45) is 0 Å². The first kappa shape index (κ1) is 17.3. The monoisotopic (exact) mass is 417 g/mol. The van der Waals surface area contributed by atoms with E-state index in [1.165, 1.54) is 28.0 Å². The number of aromatic nitrogens is 1. The lowest BCUT2D eigenvalue weighted by Crippen LogP contribution is -2.36. The second-order valence-corrected chi connectivity index (χ2v) is 9.00. The predicted octanol–water partition coefficient (Wildman–Crippen LogP) is 4.20. The fraction of sp³-hybridized carbons (Fsp3) is 0.0588. The molecule has 0 spiro atoms. The minimum atomic E-state index is -0.322. The van der Waals surface area contributed by atoms with Gasteiger partial charge in [-0.05, 0) is 29.7 Å². The second-order valence-electron chi connectivity index (χ2n) is 5.32. The highest BCUT2D eigenvalue weighted by Gasteiger charge is 2.33. The average Bonchev–Trinajstić information content (AvgIpc) is 3.31. The number of thiocarbonyl (C=S) groups is 1. The zero-order chi connectivity index (χ0) is 18.1. The summed E-state index contributed by atoms with van der Waals surface area (Å²) in [6.45, 7) is -0.123. The minimum Gasteiger partial charge on any atom is -0.300 e. The van der Waals surface area contributed by atoms with Crippen LogP contribution in [0.5, 0.6) is 0 Å². The van der Waals surface area contributed by atoms with E-state index in [0.29, 0.717) is 14.4 Å². The molecular formula is C17H11N3O2S4. The Hall–Kier alpha value is -2.07. The normalized spacial score (nSPS) is 16.0. The van der Waals surface area contributed by atoms with Crippen molar-refractivity contribution in [2.45, 2.75) is 0 Å². The van der Waals surface area contributed by atoms with Crippen LogP contribution in [-0.2, 0) is 9.59 Å². The Balaban J connectivity index is 1.45. The molecule has 2 aromatic heterocycles. The molecular weight excluding hydrogens is 406 g/mol. The SMILES string of the molecule is O=C(CN1C(=O)/C(=C\c2cccs2)SC1=S)Nc1nc2ccccc2s1. The smallest absolute Gasteiger partial charge is 0.266 e. The standard InChI is InChI=1S/C17H11N3O2S4/c21-14(19-16-18-11-5-1-2-6-12(11)25-16)9-20-15(22)13(26-17(20)23)8-10-4-3-7-24-10/h1-8H,9H2,(H,18,19,21)/b13-8+. The highest BCUT2D eigenvalue weighted by molar-refractivity contribution is 8.26. The number of fused-ring (bicyclic) bond motifs is 1. The first-order valence-electron chi connectivity index (χ1n) is 7.54. The van der Waals surface area contributed by atoms with E-state index in [1.807, 2.05) is 41.8 Å². The summed E-state index contributed by atoms with van der Waals surface area (Å²) in [6, 6.07) is 11.5. The van der Waals surface area contributed by atoms with Gasteiger partial charge in [0.2, 0.25) is 5.91 Å². The summed E-state index contributed by atoms with van der Waals surface area (Å²) in [7, 11) is 0. The van der Waals surface area contributed by atoms with E-state index in [9.17, 15) is 9.59 Å². The number of thiophene rings is 1. The van der Waals surface area contributed by atoms with Gasteiger partial charge in [0, 0.05) is 4.88 Å². The number of hydrogen-bond acceptors (Lipinski definition) is 7. The van der Waals surface area contributed by atoms with Crippen LogP contribution in [0.1, 0.15) is 4.88 Å². The molecule has 5 nitrogen and oxygen atoms in total. The number of para-hydroxylation sites is 1. The van der Waals surface area contributed by atoms with Crippen molar-refractivity contribution in [2.75, 3.05) is 11.9 Å². The molecule has 0 atom stereocenters. The number of nitrogens with one attached hydrogen (secondary N) is 1. The number of thiazole rings is 1. The number of amides is 2. The second kappa shape index (κ2) is 7.28. The van der Waals surface area contributed by atoms with Crippen LogP contribution in [0.25, 0.3) is 16.3 Å². The van der Waals surface area contributed by atoms with Crippen molar-refractivity contribution >= 4 is 84.2 Å². The molecule has 1 aliphatic heterocycles. The third-order valence-electron chi connectivity index (χ3n) is 3.53. The third kappa shape index (κ3) is 3.56. The molecule has 0 unspecified atom stereocenters. The zero-order valence-electron chi connectivity index (χ0n) is 13.2. The molecule has 1 aliphatic rings. The fourth-order valence-corrected chi connectivity index (χ4v) is 5.23. The number of thioether (sulfide) groups is 1. The van der Waals surface area contributed by atoms with Crippen LogP contribution in [0.4, 0.5) is 5.13 Å². The number of nitrogens with zero attached hydrogens (tertiary/aromatic N) is 2. The summed E-state index contributed by atoms with van der Waals surface area (Å²) >= 11 is 9.41. The van der Waals surface area contributed by atoms with Gasteiger partial charge in [-0.3, -0.25) is 14.5 Å². The molecule has 3 aromatic rings. The predicted molar refractivity (Wildman–Crippen MR) is 112 cm³/mol. The van der Waals surface area contributed by atoms with Gasteiger partial charge in [0.25, 0.3) is 5.91 Å². The molecule has 1 N–H and O–H groups in total. The quantitative estimate of drug-likeness (QED) is 0.509. The molecule has 4 rings (SSSR count). The third-order valence-corrected chi connectivity index (χ3v) is 6.68. The van der Waals surface area contributed by atoms with Gasteiger partial charge in [0.15, 0.2) is 5.13 Å². The van der Waals surface area contributed by atoms with Crippen LogP contribution in [0, 0.1) is 0 Å². The highest BCUT2D eigenvalue weighted by Crippen LogP contribution is 2.33. The van der Waals surface area contributed by atoms with Crippen LogP contribution >= 0.6 is 46.7 Å². The van der Waals surface area contributed by atoms with E-state index in [-0.39, 0.29) is 18.4 Å². The van der Waals surface area contributed by atoms with Crippen LogP contribution in [0.2, 0.25) is 0 Å². The molecule has 1 aromatic carbocycles. The molecule has 0 saturated carbocycles. The van der Waals surface area contributed by atoms with Crippen molar-refractivity contribution in [3.63, 3.8) is 0 Å². The maximum absolute atomic E-state index is 12.5. The summed E-state index contributed by atoms with van der Waals surface area (Å²) in [5, 5.41) is 5.20. The first-order chi connectivity index (χ1) is 12.6. The lowest BCUT2D eigenvalue weighted by molar-refractivity contribution is -0.126. The maximum atomic E-state index is 12.5. The summed E-state index contributed by atoms with van der Waals surface area (Å²) < 4.78 is 1.38. The lowest BCUT2D eigenvalue weighted by atomic mass is 10.3. The Morgan fingerprint density at radius 2 is 2.12 bits per heavy atom. The van der Waals surface area contributed by atoms with Gasteiger partial charge < -0.3 is 5.32 Å². The first-order valence-corrected chi connectivity index (χ1v) is 10.5. The van der Waals surface area contributed by atoms with E-state index < -0.39 is 0 Å². The number of carbonyl (C=O) groups is 2. The Morgan fingerprint density at radius 3 is 2.88 bits per heavy atom. The molecule has 3 heterocycles. The number of benzene rings is 1. The maximum Gasteiger partial charge on any atom is 0.266 e. The average molecular weight is 418 g/mol. The zero-order valence-corrected chi connectivity index (χ0v) is 16.4. The Labute approximate surface area is 166 Å². The minimum absolute atomic E-state index is 0.123. The van der Waals surface area contributed by atoms with Crippen molar-refractivity contribution in [1.82, 2.24) is 9.88 Å². The largest absolute Gasteiger partial charge is 0.300 e. The van der Waals surface area contributed by atoms with Gasteiger partial charge in [0.1, 0.15) is 10.9 Å². The van der Waals surface area contributed by atoms with E-state index in [2.05, 4.69) is 10.3 Å². The van der Waals surface area contributed by atoms with Gasteiger partial charge in [0.05, 0.1) is 15.1 Å². The number of anilines is 1. The molecule has 1 saturated heterocycles. The van der Waals surface area contributed by atoms with Gasteiger partial charge in [-0.1, -0.05) is 53.5 Å². The molecule has 9 heteroatoms. The van der Waals surface area contributed by atoms with Crippen molar-refractivity contribution in [1.29, 1.82) is 0 Å². The van der Waals surface area contributed by atoms with Crippen molar-refractivity contribution in [3.8, 4) is 0 Å². The van der Waals surface area contributed by atoms with Crippen LogP contribution in [0.15, 0.2) is 46.7 Å². The van der Waals surface area contributed by atoms with E-state index in [0.717, 1.165) is 15.1 Å². The van der Waals surface area contributed by atoms with Gasteiger partial charge in [-0.15, -0.1) is 11.3 Å². The molecule has 0 bridgehead atoms. The van der Waals surface area contributed by atoms with Crippen LogP contribution in [-0.4, -0.2) is 32.6 Å².